The van der Waals surface area contributed by atoms with E-state index < -0.39 is 4.92 Å². The predicted octanol–water partition coefficient (Wildman–Crippen LogP) is 5.04. The summed E-state index contributed by atoms with van der Waals surface area (Å²) in [6.07, 6.45) is 5.78. The van der Waals surface area contributed by atoms with E-state index in [0.717, 1.165) is 11.1 Å². The summed E-state index contributed by atoms with van der Waals surface area (Å²) in [7, 11) is 0. The Hall–Kier alpha value is -3.41. The van der Waals surface area contributed by atoms with Gasteiger partial charge in [0.15, 0.2) is 11.5 Å². The van der Waals surface area contributed by atoms with Crippen LogP contribution in [0.3, 0.4) is 0 Å². The zero-order chi connectivity index (χ0) is 19.6. The van der Waals surface area contributed by atoms with E-state index in [9.17, 15) is 10.1 Å². The zero-order valence-corrected chi connectivity index (χ0v) is 15.3. The molecule has 0 N–H and O–H groups in total. The Balaban J connectivity index is 2.35. The third-order valence-corrected chi connectivity index (χ3v) is 3.59. The van der Waals surface area contributed by atoms with Crippen molar-refractivity contribution in [3.63, 3.8) is 0 Å². The van der Waals surface area contributed by atoms with Crippen molar-refractivity contribution >= 4 is 17.6 Å². The summed E-state index contributed by atoms with van der Waals surface area (Å²) >= 11 is 0. The average Bonchev–Trinajstić information content (AvgIpc) is 2.66. The molecular formula is C21H22N2O4. The Labute approximate surface area is 158 Å². The van der Waals surface area contributed by atoms with Crippen LogP contribution in [0.25, 0.3) is 0 Å². The fourth-order valence-electron chi connectivity index (χ4n) is 2.44. The number of rotatable bonds is 10. The fraction of sp³-hybridized carbons (Fsp3) is 0.190. The van der Waals surface area contributed by atoms with Crippen molar-refractivity contribution in [1.82, 2.24) is 0 Å². The smallest absolute Gasteiger partial charge is 0.269 e. The Morgan fingerprint density at radius 3 is 2.48 bits per heavy atom. The van der Waals surface area contributed by atoms with Gasteiger partial charge in [0.25, 0.3) is 5.69 Å². The standard InChI is InChI=1S/C21H22N2O4/c1-4-7-17-13-16(14-20(26-6-3)21(17)27-12-5-2)15-22-18-8-10-19(11-9-18)23(24)25/h4-5,8-11,13-15H,1-2,6-7,12H2,3H3. The molecule has 0 spiro atoms. The fourth-order valence-corrected chi connectivity index (χ4v) is 2.44. The van der Waals surface area contributed by atoms with Crippen molar-refractivity contribution in [3.05, 3.63) is 82.9 Å². The molecule has 27 heavy (non-hydrogen) atoms. The lowest BCUT2D eigenvalue weighted by Gasteiger charge is -2.15. The van der Waals surface area contributed by atoms with Crippen molar-refractivity contribution in [3.8, 4) is 11.5 Å². The van der Waals surface area contributed by atoms with Gasteiger partial charge in [-0.1, -0.05) is 18.7 Å². The number of hydrogen-bond acceptors (Lipinski definition) is 5. The maximum atomic E-state index is 10.7. The van der Waals surface area contributed by atoms with Crippen LogP contribution in [-0.2, 0) is 6.42 Å². The molecule has 0 aliphatic heterocycles. The molecule has 2 aromatic carbocycles. The van der Waals surface area contributed by atoms with Crippen LogP contribution in [0.1, 0.15) is 18.1 Å². The highest BCUT2D eigenvalue weighted by Crippen LogP contribution is 2.34. The minimum Gasteiger partial charge on any atom is -0.490 e. The SMILES string of the molecule is C=CCOc1c(CC=C)cc(C=Nc2ccc([N+](=O)[O-])cc2)cc1OCC. The van der Waals surface area contributed by atoms with E-state index in [-0.39, 0.29) is 5.69 Å². The number of ether oxygens (including phenoxy) is 2. The third kappa shape index (κ3) is 5.54. The molecule has 0 aromatic heterocycles. The minimum absolute atomic E-state index is 0.0320. The molecule has 0 radical (unpaired) electrons. The van der Waals surface area contributed by atoms with Gasteiger partial charge < -0.3 is 9.47 Å². The van der Waals surface area contributed by atoms with E-state index in [4.69, 9.17) is 9.47 Å². The van der Waals surface area contributed by atoms with Crippen LogP contribution in [0.15, 0.2) is 66.7 Å². The Morgan fingerprint density at radius 1 is 1.15 bits per heavy atom. The number of aliphatic imine (C=N–C) groups is 1. The molecular weight excluding hydrogens is 344 g/mol. The Morgan fingerprint density at radius 2 is 1.89 bits per heavy atom. The second kappa shape index (κ2) is 9.91. The molecule has 2 rings (SSSR count). The first-order chi connectivity index (χ1) is 13.1. The van der Waals surface area contributed by atoms with Gasteiger partial charge in [0.05, 0.1) is 17.2 Å². The Bertz CT molecular complexity index is 842. The molecule has 140 valence electrons. The highest BCUT2D eigenvalue weighted by Gasteiger charge is 2.12. The molecule has 0 saturated heterocycles. The lowest BCUT2D eigenvalue weighted by atomic mass is 10.1. The van der Waals surface area contributed by atoms with Gasteiger partial charge in [-0.15, -0.1) is 6.58 Å². The molecule has 6 heteroatoms. The van der Waals surface area contributed by atoms with Gasteiger partial charge in [0.2, 0.25) is 0 Å². The van der Waals surface area contributed by atoms with Gasteiger partial charge in [-0.2, -0.15) is 0 Å². The molecule has 0 fully saturated rings. The van der Waals surface area contributed by atoms with Crippen molar-refractivity contribution < 1.29 is 14.4 Å². The normalized spacial score (nSPS) is 10.6. The quantitative estimate of drug-likeness (QED) is 0.256. The van der Waals surface area contributed by atoms with Gasteiger partial charge in [-0.25, -0.2) is 0 Å². The first kappa shape index (κ1) is 19.9. The van der Waals surface area contributed by atoms with Gasteiger partial charge in [0.1, 0.15) is 6.61 Å². The van der Waals surface area contributed by atoms with E-state index >= 15 is 0 Å². The van der Waals surface area contributed by atoms with Crippen molar-refractivity contribution in [2.24, 2.45) is 4.99 Å². The lowest BCUT2D eigenvalue weighted by Crippen LogP contribution is -2.03. The van der Waals surface area contributed by atoms with Gasteiger partial charge >= 0.3 is 0 Å². The number of nitro groups is 1. The van der Waals surface area contributed by atoms with Gasteiger partial charge in [-0.05, 0) is 43.2 Å². The average molecular weight is 366 g/mol. The van der Waals surface area contributed by atoms with Crippen molar-refractivity contribution in [2.75, 3.05) is 13.2 Å². The van der Waals surface area contributed by atoms with Crippen LogP contribution in [0.4, 0.5) is 11.4 Å². The van der Waals surface area contributed by atoms with Crippen LogP contribution in [0.5, 0.6) is 11.5 Å². The second-order valence-corrected chi connectivity index (χ2v) is 5.56. The first-order valence-electron chi connectivity index (χ1n) is 8.51. The number of nitrogens with zero attached hydrogens (tertiary/aromatic N) is 2. The summed E-state index contributed by atoms with van der Waals surface area (Å²) in [6, 6.07) is 9.86. The lowest BCUT2D eigenvalue weighted by molar-refractivity contribution is -0.384. The molecule has 0 amide bonds. The maximum Gasteiger partial charge on any atom is 0.269 e. The molecule has 0 atom stereocenters. The molecule has 0 saturated carbocycles. The monoisotopic (exact) mass is 366 g/mol. The molecule has 0 aliphatic carbocycles. The Kier molecular flexibility index (Phi) is 7.31. The van der Waals surface area contributed by atoms with E-state index in [1.807, 2.05) is 19.1 Å². The highest BCUT2D eigenvalue weighted by atomic mass is 16.6. The van der Waals surface area contributed by atoms with Crippen LogP contribution in [0.2, 0.25) is 0 Å². The third-order valence-electron chi connectivity index (χ3n) is 3.59. The summed E-state index contributed by atoms with van der Waals surface area (Å²) in [5.74, 6) is 1.30. The molecule has 0 aliphatic rings. The molecule has 0 unspecified atom stereocenters. The van der Waals surface area contributed by atoms with Crippen LogP contribution in [0, 0.1) is 10.1 Å². The summed E-state index contributed by atoms with van der Waals surface area (Å²) < 4.78 is 11.5. The summed E-state index contributed by atoms with van der Waals surface area (Å²) in [4.78, 5) is 14.7. The zero-order valence-electron chi connectivity index (χ0n) is 15.3. The number of nitro benzene ring substituents is 1. The molecule has 0 bridgehead atoms. The van der Waals surface area contributed by atoms with Gasteiger partial charge in [-0.3, -0.25) is 15.1 Å². The molecule has 6 nitrogen and oxygen atoms in total. The summed E-state index contributed by atoms with van der Waals surface area (Å²) in [5, 5.41) is 10.7. The maximum absolute atomic E-state index is 10.7. The largest absolute Gasteiger partial charge is 0.490 e. The predicted molar refractivity (Wildman–Crippen MR) is 108 cm³/mol. The van der Waals surface area contributed by atoms with E-state index in [0.29, 0.717) is 36.8 Å². The number of hydrogen-bond donors (Lipinski definition) is 0. The van der Waals surface area contributed by atoms with E-state index in [1.165, 1.54) is 12.1 Å². The van der Waals surface area contributed by atoms with Crippen LogP contribution < -0.4 is 9.47 Å². The van der Waals surface area contributed by atoms with Crippen LogP contribution >= 0.6 is 0 Å². The highest BCUT2D eigenvalue weighted by molar-refractivity contribution is 5.84. The summed E-state index contributed by atoms with van der Waals surface area (Å²) in [5.41, 5.74) is 2.42. The topological polar surface area (TPSA) is 74.0 Å². The van der Waals surface area contributed by atoms with E-state index in [1.54, 1.807) is 30.5 Å². The number of non-ortho nitro benzene ring substituents is 1. The first-order valence-corrected chi connectivity index (χ1v) is 8.51. The summed E-state index contributed by atoms with van der Waals surface area (Å²) in [6.45, 7) is 10.3. The molecule has 0 heterocycles. The van der Waals surface area contributed by atoms with Gasteiger partial charge in [0, 0.05) is 23.9 Å². The molecule has 2 aromatic rings. The van der Waals surface area contributed by atoms with E-state index in [2.05, 4.69) is 18.2 Å². The second-order valence-electron chi connectivity index (χ2n) is 5.56. The number of benzene rings is 2. The number of allylic oxidation sites excluding steroid dienone is 1. The minimum atomic E-state index is -0.439. The van der Waals surface area contributed by atoms with Crippen molar-refractivity contribution in [2.45, 2.75) is 13.3 Å². The van der Waals surface area contributed by atoms with Crippen molar-refractivity contribution in [1.29, 1.82) is 0 Å². The van der Waals surface area contributed by atoms with Crippen LogP contribution in [-0.4, -0.2) is 24.4 Å².